The minimum Gasteiger partial charge on any atom is -0.456 e. The first-order chi connectivity index (χ1) is 22.2. The highest BCUT2D eigenvalue weighted by Crippen LogP contribution is 2.39. The van der Waals surface area contributed by atoms with Crippen molar-refractivity contribution in [3.8, 4) is 56.2 Å². The van der Waals surface area contributed by atoms with Crippen LogP contribution in [0.3, 0.4) is 0 Å². The molecule has 45 heavy (non-hydrogen) atoms. The third-order valence-corrected chi connectivity index (χ3v) is 8.14. The lowest BCUT2D eigenvalue weighted by Crippen LogP contribution is -2.01. The van der Waals surface area contributed by atoms with Gasteiger partial charge in [0.2, 0.25) is 5.43 Å². The Balaban J connectivity index is 1.31. The normalized spacial score (nSPS) is 11.2. The maximum absolute atomic E-state index is 13.2. The van der Waals surface area contributed by atoms with E-state index < -0.39 is 0 Å². The van der Waals surface area contributed by atoms with Crippen LogP contribution in [-0.4, -0.2) is 9.97 Å². The molecule has 0 aliphatic rings. The van der Waals surface area contributed by atoms with Gasteiger partial charge in [-0.2, -0.15) is 0 Å². The number of hydrogen-bond acceptors (Lipinski definition) is 4. The molecule has 6 aromatic carbocycles. The Morgan fingerprint density at radius 3 is 1.58 bits per heavy atom. The number of hydrogen-bond donors (Lipinski definition) is 0. The number of aromatic nitrogens is 2. The lowest BCUT2D eigenvalue weighted by Gasteiger charge is -2.15. The van der Waals surface area contributed by atoms with Gasteiger partial charge in [-0.1, -0.05) is 127 Å². The summed E-state index contributed by atoms with van der Waals surface area (Å²) in [6.07, 6.45) is 0. The molecule has 4 heteroatoms. The maximum Gasteiger partial charge on any atom is 0.200 e. The number of para-hydroxylation sites is 1. The first-order valence-electron chi connectivity index (χ1n) is 14.9. The number of nitrogens with zero attached hydrogens (tertiary/aromatic N) is 2. The smallest absolute Gasteiger partial charge is 0.200 e. The predicted octanol–water partition coefficient (Wildman–Crippen LogP) is 10.1. The largest absolute Gasteiger partial charge is 0.456 e. The zero-order valence-corrected chi connectivity index (χ0v) is 24.2. The third-order valence-electron chi connectivity index (χ3n) is 8.14. The van der Waals surface area contributed by atoms with Gasteiger partial charge < -0.3 is 4.42 Å². The quantitative estimate of drug-likeness (QED) is 0.191. The van der Waals surface area contributed by atoms with Crippen LogP contribution < -0.4 is 5.43 Å². The molecule has 0 N–H and O–H groups in total. The number of fused-ring (bicyclic) bond motifs is 2. The van der Waals surface area contributed by atoms with E-state index in [1.54, 1.807) is 6.07 Å². The van der Waals surface area contributed by atoms with Crippen molar-refractivity contribution >= 4 is 21.9 Å². The van der Waals surface area contributed by atoms with E-state index in [-0.39, 0.29) is 5.43 Å². The molecular weight excluding hydrogens is 552 g/mol. The van der Waals surface area contributed by atoms with E-state index >= 15 is 0 Å². The van der Waals surface area contributed by atoms with E-state index in [4.69, 9.17) is 14.4 Å². The predicted molar refractivity (Wildman–Crippen MR) is 183 cm³/mol. The van der Waals surface area contributed by atoms with Crippen LogP contribution in [0.2, 0.25) is 0 Å². The molecule has 0 unspecified atom stereocenters. The van der Waals surface area contributed by atoms with Gasteiger partial charge >= 0.3 is 0 Å². The van der Waals surface area contributed by atoms with Gasteiger partial charge in [0.1, 0.15) is 11.2 Å². The van der Waals surface area contributed by atoms with Crippen molar-refractivity contribution in [2.75, 3.05) is 0 Å². The summed E-state index contributed by atoms with van der Waals surface area (Å²) in [4.78, 5) is 23.4. The van der Waals surface area contributed by atoms with Gasteiger partial charge in [0.25, 0.3) is 0 Å². The van der Waals surface area contributed by atoms with Gasteiger partial charge in [-0.05, 0) is 52.6 Å². The monoisotopic (exact) mass is 578 g/mol. The summed E-state index contributed by atoms with van der Waals surface area (Å²) in [5.41, 5.74) is 9.84. The van der Waals surface area contributed by atoms with Crippen molar-refractivity contribution in [3.05, 3.63) is 168 Å². The van der Waals surface area contributed by atoms with Crippen LogP contribution in [0.1, 0.15) is 0 Å². The molecule has 0 fully saturated rings. The average Bonchev–Trinajstić information content (AvgIpc) is 3.12. The second-order valence-electron chi connectivity index (χ2n) is 10.9. The maximum atomic E-state index is 13.2. The van der Waals surface area contributed by atoms with Gasteiger partial charge in [-0.3, -0.25) is 4.79 Å². The van der Waals surface area contributed by atoms with E-state index in [1.165, 1.54) is 0 Å². The Kier molecular flexibility index (Phi) is 6.58. The van der Waals surface area contributed by atoms with Crippen LogP contribution in [-0.2, 0) is 0 Å². The van der Waals surface area contributed by atoms with Crippen LogP contribution in [0.15, 0.2) is 167 Å². The molecule has 0 amide bonds. The minimum atomic E-state index is -0.0262. The summed E-state index contributed by atoms with van der Waals surface area (Å²) in [6.45, 7) is 0. The Morgan fingerprint density at radius 1 is 0.400 bits per heavy atom. The molecule has 0 saturated carbocycles. The van der Waals surface area contributed by atoms with Crippen LogP contribution in [0.4, 0.5) is 0 Å². The van der Waals surface area contributed by atoms with Crippen LogP contribution >= 0.6 is 0 Å². The fourth-order valence-electron chi connectivity index (χ4n) is 5.93. The van der Waals surface area contributed by atoms with E-state index in [0.29, 0.717) is 27.8 Å². The zero-order valence-electron chi connectivity index (χ0n) is 24.2. The molecule has 8 rings (SSSR count). The molecule has 2 heterocycles. The van der Waals surface area contributed by atoms with Gasteiger partial charge in [-0.15, -0.1) is 0 Å². The summed E-state index contributed by atoms with van der Waals surface area (Å²) >= 11 is 0. The molecule has 0 aliphatic heterocycles. The second kappa shape index (κ2) is 11.2. The highest BCUT2D eigenvalue weighted by atomic mass is 16.3. The molecule has 0 radical (unpaired) electrons. The molecule has 0 saturated heterocycles. The topological polar surface area (TPSA) is 56.0 Å². The fraction of sp³-hybridized carbons (Fsp3) is 0. The minimum absolute atomic E-state index is 0.0262. The summed E-state index contributed by atoms with van der Waals surface area (Å²) in [6, 6.07) is 52.2. The van der Waals surface area contributed by atoms with Gasteiger partial charge in [-0.25, -0.2) is 9.97 Å². The van der Waals surface area contributed by atoms with Gasteiger partial charge in [0, 0.05) is 16.7 Å². The fourth-order valence-corrected chi connectivity index (χ4v) is 5.93. The molecule has 0 spiro atoms. The molecule has 0 atom stereocenters. The highest BCUT2D eigenvalue weighted by Gasteiger charge is 2.17. The van der Waals surface area contributed by atoms with Crippen molar-refractivity contribution in [2.24, 2.45) is 0 Å². The van der Waals surface area contributed by atoms with Crippen LogP contribution in [0.25, 0.3) is 78.1 Å². The number of benzene rings is 6. The van der Waals surface area contributed by atoms with Gasteiger partial charge in [0.15, 0.2) is 5.82 Å². The average molecular weight is 579 g/mol. The summed E-state index contributed by atoms with van der Waals surface area (Å²) in [5, 5.41) is 1.15. The van der Waals surface area contributed by atoms with Crippen molar-refractivity contribution in [1.29, 1.82) is 0 Å². The lowest BCUT2D eigenvalue weighted by atomic mass is 9.91. The molecular formula is C41H26N2O2. The van der Waals surface area contributed by atoms with E-state index in [0.717, 1.165) is 50.3 Å². The molecule has 212 valence electrons. The second-order valence-corrected chi connectivity index (χ2v) is 10.9. The van der Waals surface area contributed by atoms with Crippen molar-refractivity contribution in [2.45, 2.75) is 0 Å². The third kappa shape index (κ3) is 4.89. The van der Waals surface area contributed by atoms with Crippen molar-refractivity contribution < 1.29 is 4.42 Å². The highest BCUT2D eigenvalue weighted by molar-refractivity contribution is 5.95. The van der Waals surface area contributed by atoms with Crippen LogP contribution in [0, 0.1) is 0 Å². The zero-order chi connectivity index (χ0) is 30.2. The Labute approximate surface area is 259 Å². The van der Waals surface area contributed by atoms with Crippen molar-refractivity contribution in [3.63, 3.8) is 0 Å². The van der Waals surface area contributed by atoms with E-state index in [2.05, 4.69) is 54.6 Å². The standard InChI is InChI=1S/C41H26N2O2/c44-40-34-21-11-12-22-38(34)45-39-25-29(23-24-35(39)40)30-17-7-8-18-31(30)32-19-9-10-20-33(32)41-42-36(27-13-3-1-4-14-27)26-37(43-41)28-15-5-2-6-16-28/h1-26H. The van der Waals surface area contributed by atoms with E-state index in [1.807, 2.05) is 97.1 Å². The summed E-state index contributed by atoms with van der Waals surface area (Å²) < 4.78 is 6.22. The molecule has 0 bridgehead atoms. The molecule has 4 nitrogen and oxygen atoms in total. The summed E-state index contributed by atoms with van der Waals surface area (Å²) in [5.74, 6) is 0.650. The molecule has 2 aromatic heterocycles. The number of rotatable bonds is 5. The first kappa shape index (κ1) is 26.5. The Morgan fingerprint density at radius 2 is 0.911 bits per heavy atom. The van der Waals surface area contributed by atoms with Crippen molar-refractivity contribution in [1.82, 2.24) is 9.97 Å². The molecule has 0 aliphatic carbocycles. The first-order valence-corrected chi connectivity index (χ1v) is 14.9. The van der Waals surface area contributed by atoms with Gasteiger partial charge in [0.05, 0.1) is 22.2 Å². The SMILES string of the molecule is O=c1c2ccccc2oc2cc(-c3ccccc3-c3ccccc3-c3nc(-c4ccccc4)cc(-c4ccccc4)n3)ccc12. The molecule has 8 aromatic rings. The Hall–Kier alpha value is -6.13. The lowest BCUT2D eigenvalue weighted by molar-refractivity contribution is 0.660. The van der Waals surface area contributed by atoms with Crippen LogP contribution in [0.5, 0.6) is 0 Å². The summed E-state index contributed by atoms with van der Waals surface area (Å²) in [7, 11) is 0. The Bertz CT molecular complexity index is 2340. The van der Waals surface area contributed by atoms with E-state index in [9.17, 15) is 4.79 Å².